The summed E-state index contributed by atoms with van der Waals surface area (Å²) in [5, 5.41) is 1.96. The van der Waals surface area contributed by atoms with Crippen molar-refractivity contribution >= 4 is 17.6 Å². The van der Waals surface area contributed by atoms with Gasteiger partial charge in [-0.15, -0.1) is 0 Å². The van der Waals surface area contributed by atoms with Crippen molar-refractivity contribution < 1.29 is 27.6 Å². The van der Waals surface area contributed by atoms with Crippen LogP contribution >= 0.6 is 0 Å². The minimum absolute atomic E-state index is 0.00663. The van der Waals surface area contributed by atoms with Crippen LogP contribution in [0.4, 0.5) is 13.2 Å². The zero-order valence-corrected chi connectivity index (χ0v) is 19.0. The summed E-state index contributed by atoms with van der Waals surface area (Å²) in [6.45, 7) is 4.85. The number of carbonyl (C=O) groups is 3. The van der Waals surface area contributed by atoms with Crippen molar-refractivity contribution in [3.63, 3.8) is 0 Å². The Labute approximate surface area is 194 Å². The third-order valence-corrected chi connectivity index (χ3v) is 6.28. The Hall–Kier alpha value is -3.49. The first-order chi connectivity index (χ1) is 15.9. The third-order valence-electron chi connectivity index (χ3n) is 6.28. The monoisotopic (exact) mass is 471 g/mol. The molecule has 1 aromatic heterocycles. The van der Waals surface area contributed by atoms with Gasteiger partial charge < -0.3 is 10.2 Å². The number of ketones is 1. The van der Waals surface area contributed by atoms with Gasteiger partial charge in [0.1, 0.15) is 0 Å². The molecule has 2 amide bonds. The normalized spacial score (nSPS) is 22.1. The first-order valence-corrected chi connectivity index (χ1v) is 10.8. The van der Waals surface area contributed by atoms with E-state index in [2.05, 4.69) is 4.98 Å². The van der Waals surface area contributed by atoms with Gasteiger partial charge in [0.2, 0.25) is 5.54 Å². The van der Waals surface area contributed by atoms with Crippen molar-refractivity contribution in [2.45, 2.75) is 51.9 Å². The van der Waals surface area contributed by atoms with Gasteiger partial charge in [0.15, 0.2) is 5.78 Å². The number of hydrogen-bond donors (Lipinski definition) is 1. The van der Waals surface area contributed by atoms with Crippen LogP contribution in [0, 0.1) is 12.3 Å². The van der Waals surface area contributed by atoms with E-state index in [4.69, 9.17) is 0 Å². The number of aryl methyl sites for hydroxylation is 1. The second-order valence-electron chi connectivity index (χ2n) is 9.49. The summed E-state index contributed by atoms with van der Waals surface area (Å²) in [6, 6.07) is 11.0. The molecule has 0 fully saturated rings. The lowest BCUT2D eigenvalue weighted by atomic mass is 9.72. The molecule has 0 radical (unpaired) electrons. The van der Waals surface area contributed by atoms with E-state index in [9.17, 15) is 27.6 Å². The maximum Gasteiger partial charge on any atom is 0.425 e. The predicted molar refractivity (Wildman–Crippen MR) is 117 cm³/mol. The van der Waals surface area contributed by atoms with E-state index in [1.54, 1.807) is 51.1 Å². The number of nitrogens with one attached hydrogen (secondary N) is 1. The van der Waals surface area contributed by atoms with Crippen LogP contribution in [0.3, 0.4) is 0 Å². The summed E-state index contributed by atoms with van der Waals surface area (Å²) in [4.78, 5) is 45.0. The molecule has 0 spiro atoms. The molecule has 1 aliphatic carbocycles. The van der Waals surface area contributed by atoms with Crippen LogP contribution in [0.2, 0.25) is 0 Å². The first kappa shape index (κ1) is 23.7. The van der Waals surface area contributed by atoms with Gasteiger partial charge >= 0.3 is 6.18 Å². The van der Waals surface area contributed by atoms with Crippen LogP contribution in [0.25, 0.3) is 0 Å². The van der Waals surface area contributed by atoms with Gasteiger partial charge in [-0.1, -0.05) is 38.1 Å². The van der Waals surface area contributed by atoms with E-state index in [1.165, 1.54) is 18.3 Å². The Morgan fingerprint density at radius 2 is 1.76 bits per heavy atom. The molecule has 34 heavy (non-hydrogen) atoms. The molecule has 9 heteroatoms. The van der Waals surface area contributed by atoms with Crippen molar-refractivity contribution in [3.8, 4) is 0 Å². The van der Waals surface area contributed by atoms with Crippen LogP contribution in [-0.2, 0) is 16.1 Å². The number of alkyl halides is 3. The fraction of sp³-hybridized carbons (Fsp3) is 0.360. The molecular formula is C25H24F3N3O3. The Morgan fingerprint density at radius 1 is 1.09 bits per heavy atom. The fourth-order valence-corrected chi connectivity index (χ4v) is 4.71. The molecule has 1 atom stereocenters. The Morgan fingerprint density at radius 3 is 2.38 bits per heavy atom. The molecule has 1 aromatic carbocycles. The highest BCUT2D eigenvalue weighted by Gasteiger charge is 2.71. The highest BCUT2D eigenvalue weighted by atomic mass is 19.4. The van der Waals surface area contributed by atoms with Gasteiger partial charge in [-0.2, -0.15) is 13.2 Å². The lowest BCUT2D eigenvalue weighted by Crippen LogP contribution is -2.66. The molecule has 4 rings (SSSR count). The number of allylic oxidation sites excluding steroid dienone is 1. The number of carbonyl (C=O) groups excluding carboxylic acids is 3. The average molecular weight is 471 g/mol. The maximum absolute atomic E-state index is 14.8. The van der Waals surface area contributed by atoms with Gasteiger partial charge in [0.05, 0.1) is 17.8 Å². The fourth-order valence-electron chi connectivity index (χ4n) is 4.71. The molecule has 2 aliphatic rings. The molecule has 0 saturated carbocycles. The summed E-state index contributed by atoms with van der Waals surface area (Å²) in [5.41, 5.74) is -4.03. The number of halogens is 3. The van der Waals surface area contributed by atoms with Crippen molar-refractivity contribution in [2.24, 2.45) is 5.41 Å². The quantitative estimate of drug-likeness (QED) is 0.728. The lowest BCUT2D eigenvalue weighted by molar-refractivity contribution is -0.190. The smallest absolute Gasteiger partial charge is 0.326 e. The van der Waals surface area contributed by atoms with Gasteiger partial charge in [0.25, 0.3) is 11.8 Å². The summed E-state index contributed by atoms with van der Waals surface area (Å²) < 4.78 is 44.5. The van der Waals surface area contributed by atoms with Gasteiger partial charge in [-0.3, -0.25) is 19.4 Å². The molecule has 0 bridgehead atoms. The molecule has 2 aromatic rings. The topological polar surface area (TPSA) is 79.4 Å². The minimum Gasteiger partial charge on any atom is -0.326 e. The largest absolute Gasteiger partial charge is 0.425 e. The molecular weight excluding hydrogens is 447 g/mol. The molecule has 1 aliphatic heterocycles. The number of hydrogen-bond acceptors (Lipinski definition) is 4. The number of benzene rings is 1. The van der Waals surface area contributed by atoms with E-state index in [-0.39, 0.29) is 30.6 Å². The summed E-state index contributed by atoms with van der Waals surface area (Å²) >= 11 is 0. The second kappa shape index (κ2) is 8.07. The molecule has 2 heterocycles. The van der Waals surface area contributed by atoms with Gasteiger partial charge in [0, 0.05) is 23.9 Å². The SMILES string of the molecule is Cc1ccccc1C(=O)N[C@]1(C(F)(F)F)C(=O)N(Cc2ccccn2)C2=C1C(=O)CC(C)(C)C2. The summed E-state index contributed by atoms with van der Waals surface area (Å²) in [5.74, 6) is -3.28. The third kappa shape index (κ3) is 3.78. The number of Topliss-reactive ketones (excluding diaryl/α,β-unsaturated/α-hetero) is 1. The van der Waals surface area contributed by atoms with Crippen molar-refractivity contribution in [2.75, 3.05) is 0 Å². The number of pyridine rings is 1. The number of nitrogens with zero attached hydrogens (tertiary/aromatic N) is 2. The zero-order valence-electron chi connectivity index (χ0n) is 19.0. The van der Waals surface area contributed by atoms with Crippen LogP contribution in [0.5, 0.6) is 0 Å². The van der Waals surface area contributed by atoms with Crippen molar-refractivity contribution in [1.82, 2.24) is 15.2 Å². The first-order valence-electron chi connectivity index (χ1n) is 10.8. The maximum atomic E-state index is 14.8. The molecule has 0 saturated heterocycles. The van der Waals surface area contributed by atoms with E-state index in [0.717, 1.165) is 4.90 Å². The highest BCUT2D eigenvalue weighted by Crippen LogP contribution is 2.52. The van der Waals surface area contributed by atoms with E-state index in [1.807, 2.05) is 5.32 Å². The highest BCUT2D eigenvalue weighted by molar-refractivity contribution is 6.14. The molecule has 0 unspecified atom stereocenters. The van der Waals surface area contributed by atoms with Gasteiger partial charge in [-0.05, 0) is 42.5 Å². The van der Waals surface area contributed by atoms with Gasteiger partial charge in [-0.25, -0.2) is 0 Å². The van der Waals surface area contributed by atoms with E-state index < -0.39 is 40.3 Å². The summed E-state index contributed by atoms with van der Waals surface area (Å²) in [6.07, 6.45) is -3.88. The molecule has 6 nitrogen and oxygen atoms in total. The van der Waals surface area contributed by atoms with Crippen LogP contribution in [0.1, 0.15) is 48.3 Å². The average Bonchev–Trinajstić information content (AvgIpc) is 2.97. The number of rotatable bonds is 4. The van der Waals surface area contributed by atoms with Crippen LogP contribution < -0.4 is 5.32 Å². The Kier molecular flexibility index (Phi) is 5.62. The standard InChI is InChI=1S/C25H24F3N3O3/c1-15-8-4-5-10-17(15)21(33)30-24(25(26,27)28)20-18(12-23(2,3)13-19(20)32)31(22(24)34)14-16-9-6-7-11-29-16/h4-11H,12-14H2,1-3H3,(H,30,33)/t24-/m0/s1. The zero-order chi connectivity index (χ0) is 24.9. The van der Waals surface area contributed by atoms with E-state index >= 15 is 0 Å². The number of aromatic nitrogens is 1. The predicted octanol–water partition coefficient (Wildman–Crippen LogP) is 4.11. The minimum atomic E-state index is -5.25. The molecule has 178 valence electrons. The van der Waals surface area contributed by atoms with Crippen molar-refractivity contribution in [1.29, 1.82) is 0 Å². The second-order valence-corrected chi connectivity index (χ2v) is 9.49. The lowest BCUT2D eigenvalue weighted by Gasteiger charge is -2.35. The summed E-state index contributed by atoms with van der Waals surface area (Å²) in [7, 11) is 0. The Balaban J connectivity index is 1.89. The van der Waals surface area contributed by atoms with Crippen molar-refractivity contribution in [3.05, 3.63) is 76.8 Å². The van der Waals surface area contributed by atoms with Crippen LogP contribution in [-0.4, -0.2) is 39.2 Å². The van der Waals surface area contributed by atoms with Crippen LogP contribution in [0.15, 0.2) is 59.9 Å². The Bertz CT molecular complexity index is 1200. The van der Waals surface area contributed by atoms with E-state index in [0.29, 0.717) is 11.3 Å². The molecule has 1 N–H and O–H groups in total. The number of amides is 2.